The van der Waals surface area contributed by atoms with Crippen LogP contribution in [0.3, 0.4) is 0 Å². The van der Waals surface area contributed by atoms with Gasteiger partial charge in [-0.15, -0.1) is 0 Å². The van der Waals surface area contributed by atoms with E-state index in [1.54, 1.807) is 7.11 Å². The molecule has 0 aliphatic carbocycles. The van der Waals surface area contributed by atoms with Crippen molar-refractivity contribution in [3.8, 4) is 0 Å². The van der Waals surface area contributed by atoms with E-state index in [9.17, 15) is 0 Å². The van der Waals surface area contributed by atoms with E-state index in [-0.39, 0.29) is 6.10 Å². The zero-order valence-corrected chi connectivity index (χ0v) is 6.34. The first-order valence-corrected chi connectivity index (χ1v) is 3.73. The number of methoxy groups -OCH3 is 1. The van der Waals surface area contributed by atoms with Gasteiger partial charge in [-0.1, -0.05) is 0 Å². The van der Waals surface area contributed by atoms with Gasteiger partial charge in [-0.3, -0.25) is 0 Å². The van der Waals surface area contributed by atoms with E-state index < -0.39 is 0 Å². The SMILES string of the molecule is COC[C@@H]1CC[C@H](O)CN1. The molecule has 60 valence electrons. The Morgan fingerprint density at radius 3 is 2.90 bits per heavy atom. The van der Waals surface area contributed by atoms with Crippen LogP contribution in [0.5, 0.6) is 0 Å². The van der Waals surface area contributed by atoms with Gasteiger partial charge < -0.3 is 15.2 Å². The summed E-state index contributed by atoms with van der Waals surface area (Å²) in [6, 6.07) is 0.452. The van der Waals surface area contributed by atoms with Crippen LogP contribution in [-0.2, 0) is 4.74 Å². The minimum atomic E-state index is -0.145. The maximum atomic E-state index is 9.09. The summed E-state index contributed by atoms with van der Waals surface area (Å²) in [5, 5.41) is 12.3. The van der Waals surface area contributed by atoms with Crippen LogP contribution >= 0.6 is 0 Å². The molecule has 1 aliphatic heterocycles. The molecular formula is C7H15NO2. The van der Waals surface area contributed by atoms with E-state index in [0.717, 1.165) is 19.4 Å². The monoisotopic (exact) mass is 145 g/mol. The molecule has 0 amide bonds. The second-order valence-corrected chi connectivity index (χ2v) is 2.79. The Kier molecular flexibility index (Phi) is 3.12. The Labute approximate surface area is 61.4 Å². The highest BCUT2D eigenvalue weighted by atomic mass is 16.5. The molecule has 0 unspecified atom stereocenters. The molecule has 3 nitrogen and oxygen atoms in total. The molecule has 0 radical (unpaired) electrons. The van der Waals surface area contributed by atoms with Crippen LogP contribution in [0, 0.1) is 0 Å². The predicted octanol–water partition coefficient (Wildman–Crippen LogP) is -0.254. The number of rotatable bonds is 2. The topological polar surface area (TPSA) is 41.5 Å². The molecule has 10 heavy (non-hydrogen) atoms. The van der Waals surface area contributed by atoms with Gasteiger partial charge in [-0.2, -0.15) is 0 Å². The summed E-state index contributed by atoms with van der Waals surface area (Å²) < 4.78 is 4.97. The minimum Gasteiger partial charge on any atom is -0.392 e. The van der Waals surface area contributed by atoms with Crippen LogP contribution in [0.4, 0.5) is 0 Å². The smallest absolute Gasteiger partial charge is 0.0665 e. The summed E-state index contributed by atoms with van der Waals surface area (Å²) >= 11 is 0. The van der Waals surface area contributed by atoms with Crippen molar-refractivity contribution in [2.75, 3.05) is 20.3 Å². The summed E-state index contributed by atoms with van der Waals surface area (Å²) in [5.41, 5.74) is 0. The van der Waals surface area contributed by atoms with Crippen molar-refractivity contribution in [1.82, 2.24) is 5.32 Å². The highest BCUT2D eigenvalue weighted by molar-refractivity contribution is 4.76. The Morgan fingerprint density at radius 1 is 1.60 bits per heavy atom. The lowest BCUT2D eigenvalue weighted by atomic mass is 10.0. The Bertz CT molecular complexity index is 89.6. The summed E-state index contributed by atoms with van der Waals surface area (Å²) in [7, 11) is 1.70. The second kappa shape index (κ2) is 3.91. The summed E-state index contributed by atoms with van der Waals surface area (Å²) in [6.07, 6.45) is 1.78. The molecule has 0 aromatic rings. The zero-order valence-electron chi connectivity index (χ0n) is 6.34. The Morgan fingerprint density at radius 2 is 2.40 bits per heavy atom. The molecule has 2 N–H and O–H groups in total. The van der Waals surface area contributed by atoms with E-state index in [1.165, 1.54) is 0 Å². The molecule has 1 saturated heterocycles. The number of β-amino-alcohol motifs (C(OH)–C–C–N with tert-alkyl or cyclic N) is 1. The van der Waals surface area contributed by atoms with Crippen molar-refractivity contribution < 1.29 is 9.84 Å². The van der Waals surface area contributed by atoms with Gasteiger partial charge in [0, 0.05) is 19.7 Å². The number of nitrogens with one attached hydrogen (secondary N) is 1. The molecule has 0 aromatic carbocycles. The van der Waals surface area contributed by atoms with E-state index in [4.69, 9.17) is 9.84 Å². The van der Waals surface area contributed by atoms with Crippen molar-refractivity contribution in [1.29, 1.82) is 0 Å². The molecule has 0 saturated carbocycles. The van der Waals surface area contributed by atoms with Crippen LogP contribution < -0.4 is 5.32 Å². The minimum absolute atomic E-state index is 0.145. The zero-order chi connectivity index (χ0) is 7.40. The van der Waals surface area contributed by atoms with Crippen molar-refractivity contribution in [3.63, 3.8) is 0 Å². The first kappa shape index (κ1) is 7.98. The van der Waals surface area contributed by atoms with Gasteiger partial charge >= 0.3 is 0 Å². The predicted molar refractivity (Wildman–Crippen MR) is 38.9 cm³/mol. The lowest BCUT2D eigenvalue weighted by Crippen LogP contribution is -2.43. The fourth-order valence-corrected chi connectivity index (χ4v) is 1.24. The number of aliphatic hydroxyl groups is 1. The average Bonchev–Trinajstić information content (AvgIpc) is 1.95. The number of aliphatic hydroxyl groups excluding tert-OH is 1. The highest BCUT2D eigenvalue weighted by Crippen LogP contribution is 2.07. The lowest BCUT2D eigenvalue weighted by molar-refractivity contribution is 0.0933. The molecule has 0 spiro atoms. The number of piperidine rings is 1. The summed E-state index contributed by atoms with van der Waals surface area (Å²) in [4.78, 5) is 0. The van der Waals surface area contributed by atoms with Gasteiger partial charge in [-0.25, -0.2) is 0 Å². The van der Waals surface area contributed by atoms with Crippen LogP contribution in [0.15, 0.2) is 0 Å². The number of hydrogen-bond acceptors (Lipinski definition) is 3. The van der Waals surface area contributed by atoms with Gasteiger partial charge in [0.15, 0.2) is 0 Å². The molecule has 2 atom stereocenters. The third-order valence-electron chi connectivity index (χ3n) is 1.86. The van der Waals surface area contributed by atoms with Crippen molar-refractivity contribution in [2.45, 2.75) is 25.0 Å². The fourth-order valence-electron chi connectivity index (χ4n) is 1.24. The fraction of sp³-hybridized carbons (Fsp3) is 1.00. The van der Waals surface area contributed by atoms with Crippen LogP contribution in [0.1, 0.15) is 12.8 Å². The average molecular weight is 145 g/mol. The van der Waals surface area contributed by atoms with E-state index in [1.807, 2.05) is 0 Å². The van der Waals surface area contributed by atoms with Gasteiger partial charge in [0.25, 0.3) is 0 Å². The molecule has 3 heteroatoms. The third-order valence-corrected chi connectivity index (χ3v) is 1.86. The molecular weight excluding hydrogens is 130 g/mol. The molecule has 0 aromatic heterocycles. The van der Waals surface area contributed by atoms with Gasteiger partial charge in [0.2, 0.25) is 0 Å². The first-order valence-electron chi connectivity index (χ1n) is 3.73. The number of hydrogen-bond donors (Lipinski definition) is 2. The highest BCUT2D eigenvalue weighted by Gasteiger charge is 2.17. The van der Waals surface area contributed by atoms with Gasteiger partial charge in [0.05, 0.1) is 12.7 Å². The second-order valence-electron chi connectivity index (χ2n) is 2.79. The molecule has 1 heterocycles. The first-order chi connectivity index (χ1) is 4.83. The van der Waals surface area contributed by atoms with Gasteiger partial charge in [-0.05, 0) is 12.8 Å². The normalized spacial score (nSPS) is 34.2. The van der Waals surface area contributed by atoms with E-state index in [0.29, 0.717) is 12.6 Å². The molecule has 1 rings (SSSR count). The number of ether oxygens (including phenoxy) is 1. The van der Waals surface area contributed by atoms with Crippen molar-refractivity contribution >= 4 is 0 Å². The van der Waals surface area contributed by atoms with Crippen LogP contribution in [-0.4, -0.2) is 37.5 Å². The van der Waals surface area contributed by atoms with E-state index in [2.05, 4.69) is 5.32 Å². The van der Waals surface area contributed by atoms with Gasteiger partial charge in [0.1, 0.15) is 0 Å². The largest absolute Gasteiger partial charge is 0.392 e. The maximum Gasteiger partial charge on any atom is 0.0665 e. The maximum absolute atomic E-state index is 9.09. The standard InChI is InChI=1S/C7H15NO2/c1-10-5-6-2-3-7(9)4-8-6/h6-9H,2-5H2,1H3/t6-,7-/m0/s1. The Balaban J connectivity index is 2.13. The molecule has 1 aliphatic rings. The Hall–Kier alpha value is -0.120. The van der Waals surface area contributed by atoms with Crippen LogP contribution in [0.25, 0.3) is 0 Å². The molecule has 0 bridgehead atoms. The lowest BCUT2D eigenvalue weighted by Gasteiger charge is -2.26. The third kappa shape index (κ3) is 2.25. The molecule has 1 fully saturated rings. The van der Waals surface area contributed by atoms with Crippen molar-refractivity contribution in [2.24, 2.45) is 0 Å². The quantitative estimate of drug-likeness (QED) is 0.563. The van der Waals surface area contributed by atoms with E-state index >= 15 is 0 Å². The van der Waals surface area contributed by atoms with Crippen LogP contribution in [0.2, 0.25) is 0 Å². The summed E-state index contributed by atoms with van der Waals surface area (Å²) in [6.45, 7) is 1.47. The summed E-state index contributed by atoms with van der Waals surface area (Å²) in [5.74, 6) is 0. The van der Waals surface area contributed by atoms with Crippen molar-refractivity contribution in [3.05, 3.63) is 0 Å².